The number of carbonyl (C=O) groups is 5. The maximum atomic E-state index is 13.7. The number of benzene rings is 3. The molecule has 3 aromatic rings. The van der Waals surface area contributed by atoms with E-state index in [2.05, 4.69) is 23.3 Å². The van der Waals surface area contributed by atoms with Crippen molar-refractivity contribution in [3.63, 3.8) is 0 Å². The number of likely N-dealkylation sites (tertiary alicyclic amines) is 2. The first kappa shape index (κ1) is 44.7. The molecule has 3 N–H and O–H groups in total. The summed E-state index contributed by atoms with van der Waals surface area (Å²) in [5.74, 6) is -2.13. The minimum absolute atomic E-state index is 0.0198. The number of hydrogen-bond donors (Lipinski definition) is 4. The van der Waals surface area contributed by atoms with Crippen molar-refractivity contribution < 1.29 is 53.0 Å². The molecule has 2 aliphatic rings. The molecule has 0 spiro atoms. The van der Waals surface area contributed by atoms with Crippen molar-refractivity contribution >= 4 is 65.7 Å². The van der Waals surface area contributed by atoms with Gasteiger partial charge in [-0.05, 0) is 72.9 Å². The zero-order valence-corrected chi connectivity index (χ0v) is 33.1. The molecule has 0 aliphatic carbocycles. The molecule has 2 fully saturated rings. The van der Waals surface area contributed by atoms with E-state index < -0.39 is 75.6 Å². The Bertz CT molecular complexity index is 2180. The van der Waals surface area contributed by atoms with Crippen LogP contribution in [0.1, 0.15) is 36.5 Å². The summed E-state index contributed by atoms with van der Waals surface area (Å²) in [6.07, 6.45) is -2.75. The molecule has 24 heteroatoms. The van der Waals surface area contributed by atoms with Crippen LogP contribution in [-0.2, 0) is 43.6 Å². The van der Waals surface area contributed by atoms with Gasteiger partial charge in [-0.15, -0.1) is 0 Å². The molecule has 4 atom stereocenters. The first-order chi connectivity index (χ1) is 29.0. The average Bonchev–Trinajstić information content (AvgIpc) is 3.88. The molecule has 0 aromatic heterocycles. The number of amides is 5. The second kappa shape index (κ2) is 20.1. The summed E-state index contributed by atoms with van der Waals surface area (Å²) in [5.41, 5.74) is 0.672. The molecule has 0 saturated carbocycles. The molecular formula is C37H39N9O14S. The van der Waals surface area contributed by atoms with Crippen LogP contribution in [0.4, 0.5) is 31.4 Å². The van der Waals surface area contributed by atoms with Gasteiger partial charge in [0.1, 0.15) is 31.9 Å². The van der Waals surface area contributed by atoms with Crippen molar-refractivity contribution in [2.45, 2.75) is 63.0 Å². The van der Waals surface area contributed by atoms with Gasteiger partial charge in [-0.2, -0.15) is 12.6 Å². The summed E-state index contributed by atoms with van der Waals surface area (Å²) >= 11 is 4.47. The molecule has 2 aliphatic heterocycles. The third-order valence-electron chi connectivity index (χ3n) is 9.61. The number of carbonyl (C=O) groups excluding carboxylic acids is 5. The van der Waals surface area contributed by atoms with Gasteiger partial charge in [0.2, 0.25) is 17.8 Å². The molecule has 3 aromatic carbocycles. The molecule has 2 heterocycles. The van der Waals surface area contributed by atoms with Gasteiger partial charge < -0.3 is 24.4 Å². The number of nitrogens with one attached hydrogen (secondary N) is 3. The highest BCUT2D eigenvalue weighted by Crippen LogP contribution is 2.27. The van der Waals surface area contributed by atoms with Crippen LogP contribution in [0, 0.1) is 35.8 Å². The van der Waals surface area contributed by atoms with Crippen LogP contribution < -0.4 is 10.6 Å². The van der Waals surface area contributed by atoms with Crippen LogP contribution in [0.2, 0.25) is 0 Å². The highest BCUT2D eigenvalue weighted by molar-refractivity contribution is 7.81. The summed E-state index contributed by atoms with van der Waals surface area (Å²) in [6, 6.07) is 12.5. The van der Waals surface area contributed by atoms with E-state index in [1.807, 2.05) is 0 Å². The van der Waals surface area contributed by atoms with Crippen molar-refractivity contribution in [1.82, 2.24) is 25.3 Å². The third-order valence-corrected chi connectivity index (χ3v) is 9.98. The van der Waals surface area contributed by atoms with E-state index in [1.165, 1.54) is 89.5 Å². The van der Waals surface area contributed by atoms with Crippen LogP contribution in [0.3, 0.4) is 0 Å². The Hall–Kier alpha value is -7.37. The van der Waals surface area contributed by atoms with Crippen LogP contribution in [0.15, 0.2) is 72.8 Å². The minimum atomic E-state index is -1.50. The molecule has 5 rings (SSSR count). The number of nitrogens with zero attached hydrogens (tertiary/aromatic N) is 6. The number of hydrogen-bond acceptors (Lipinski definition) is 16. The van der Waals surface area contributed by atoms with Crippen LogP contribution in [0.25, 0.3) is 0 Å². The standard InChI is InChI=1S/C37H39N9O14S/c1-22(32(47)39-26-14-15-41(17-26)33(48)31-16-30(61)18-42(31)36(50)59-20-24-4-10-28(11-5-24)45(54)55)43(37(51)60-21-25-6-12-29(13-7-25)46(56)57)34(38)40-35(49)58-19-23-2-8-27(9-3-23)44(52)53/h2-13,22,26,30-31,61H,14-21H2,1H3,(H,39,47)(H2,38,40,49)/t22-,26-,30-,31-/m0/s1. The lowest BCUT2D eigenvalue weighted by atomic mass is 10.2. The smallest absolute Gasteiger partial charge is 0.417 e. The van der Waals surface area contributed by atoms with Gasteiger partial charge >= 0.3 is 18.3 Å². The van der Waals surface area contributed by atoms with E-state index in [0.29, 0.717) is 21.6 Å². The van der Waals surface area contributed by atoms with Gasteiger partial charge in [-0.1, -0.05) is 0 Å². The number of nitro benzene ring substituents is 3. The van der Waals surface area contributed by atoms with Crippen molar-refractivity contribution in [1.29, 1.82) is 5.41 Å². The molecular weight excluding hydrogens is 827 g/mol. The van der Waals surface area contributed by atoms with E-state index in [1.54, 1.807) is 0 Å². The fourth-order valence-corrected chi connectivity index (χ4v) is 6.72. The second-order valence-corrected chi connectivity index (χ2v) is 14.5. The van der Waals surface area contributed by atoms with Crippen molar-refractivity contribution in [3.05, 3.63) is 120 Å². The average molecular weight is 866 g/mol. The quantitative estimate of drug-likeness (QED) is 0.0471. The van der Waals surface area contributed by atoms with E-state index in [4.69, 9.17) is 19.6 Å². The van der Waals surface area contributed by atoms with Gasteiger partial charge in [0, 0.05) is 67.3 Å². The van der Waals surface area contributed by atoms with Crippen LogP contribution in [0.5, 0.6) is 0 Å². The Morgan fingerprint density at radius 1 is 0.787 bits per heavy atom. The maximum absolute atomic E-state index is 13.7. The zero-order valence-electron chi connectivity index (χ0n) is 32.2. The van der Waals surface area contributed by atoms with Gasteiger partial charge in [0.25, 0.3) is 17.1 Å². The van der Waals surface area contributed by atoms with E-state index >= 15 is 0 Å². The predicted octanol–water partition coefficient (Wildman–Crippen LogP) is 4.03. The van der Waals surface area contributed by atoms with Gasteiger partial charge in [-0.25, -0.2) is 19.3 Å². The molecule has 0 unspecified atom stereocenters. The van der Waals surface area contributed by atoms with Crippen LogP contribution in [-0.4, -0.2) is 109 Å². The Labute approximate surface area is 351 Å². The normalized spacial score (nSPS) is 17.4. The first-order valence-corrected chi connectivity index (χ1v) is 18.9. The fourth-order valence-electron chi connectivity index (χ4n) is 6.35. The van der Waals surface area contributed by atoms with E-state index in [0.717, 1.165) is 0 Å². The Morgan fingerprint density at radius 3 is 1.75 bits per heavy atom. The van der Waals surface area contributed by atoms with Crippen molar-refractivity contribution in [2.24, 2.45) is 0 Å². The minimum Gasteiger partial charge on any atom is -0.445 e. The maximum Gasteiger partial charge on any atom is 0.417 e. The van der Waals surface area contributed by atoms with E-state index in [9.17, 15) is 54.3 Å². The topological polar surface area (TPSA) is 300 Å². The number of rotatable bonds is 13. The van der Waals surface area contributed by atoms with Gasteiger partial charge in [0.05, 0.1) is 14.8 Å². The van der Waals surface area contributed by atoms with Crippen LogP contribution >= 0.6 is 12.6 Å². The van der Waals surface area contributed by atoms with E-state index in [-0.39, 0.29) is 68.0 Å². The molecule has 322 valence electrons. The number of nitro groups is 3. The Balaban J connectivity index is 1.19. The largest absolute Gasteiger partial charge is 0.445 e. The molecule has 2 saturated heterocycles. The summed E-state index contributed by atoms with van der Waals surface area (Å²) in [5, 5.41) is 45.9. The Morgan fingerprint density at radius 2 is 1.26 bits per heavy atom. The first-order valence-electron chi connectivity index (χ1n) is 18.4. The second-order valence-electron chi connectivity index (χ2n) is 13.8. The summed E-state index contributed by atoms with van der Waals surface area (Å²) < 4.78 is 15.8. The summed E-state index contributed by atoms with van der Waals surface area (Å²) in [6.45, 7) is 0.581. The molecule has 0 bridgehead atoms. The lowest BCUT2D eigenvalue weighted by molar-refractivity contribution is -0.385. The highest BCUT2D eigenvalue weighted by atomic mass is 32.1. The zero-order chi connectivity index (χ0) is 44.4. The number of guanidine groups is 1. The molecule has 23 nitrogen and oxygen atoms in total. The SMILES string of the molecule is C[C@@H](C(=O)N[C@H]1CCN(C(=O)[C@@H]2C[C@H](S)CN2C(=O)OCc2ccc([N+](=O)[O-])cc2)C1)N(C(=N)NC(=O)OCc1ccc([N+](=O)[O-])cc1)C(=O)OCc1ccc([N+](=O)[O-])cc1. The van der Waals surface area contributed by atoms with Crippen molar-refractivity contribution in [3.8, 4) is 0 Å². The highest BCUT2D eigenvalue weighted by Gasteiger charge is 2.43. The van der Waals surface area contributed by atoms with Gasteiger partial charge in [0.15, 0.2) is 0 Å². The van der Waals surface area contributed by atoms with Crippen molar-refractivity contribution in [2.75, 3.05) is 19.6 Å². The fraction of sp³-hybridized carbons (Fsp3) is 0.351. The predicted molar refractivity (Wildman–Crippen MR) is 213 cm³/mol. The number of thiol groups is 1. The molecule has 5 amide bonds. The lowest BCUT2D eigenvalue weighted by Crippen LogP contribution is -2.57. The number of ether oxygens (including phenoxy) is 3. The lowest BCUT2D eigenvalue weighted by Gasteiger charge is -2.29. The summed E-state index contributed by atoms with van der Waals surface area (Å²) in [7, 11) is 0. The third kappa shape index (κ3) is 11.9. The molecule has 61 heavy (non-hydrogen) atoms. The summed E-state index contributed by atoms with van der Waals surface area (Å²) in [4.78, 5) is 101. The monoisotopic (exact) mass is 865 g/mol. The Kier molecular flexibility index (Phi) is 14.7. The number of non-ortho nitro benzene ring substituents is 3. The number of alkyl carbamates (subject to hydrolysis) is 1. The molecule has 0 radical (unpaired) electrons. The van der Waals surface area contributed by atoms with Gasteiger partial charge in [-0.3, -0.25) is 55.6 Å².